The Hall–Kier alpha value is -3.86. The quantitative estimate of drug-likeness (QED) is 0.356. The fourth-order valence-corrected chi connectivity index (χ4v) is 4.01. The van der Waals surface area contributed by atoms with Crippen molar-refractivity contribution >= 4 is 23.2 Å². The minimum absolute atomic E-state index is 0.00105. The molecule has 5 rings (SSSR count). The molecule has 0 spiro atoms. The average Bonchev–Trinajstić information content (AvgIpc) is 3.28. The molecule has 1 saturated carbocycles. The van der Waals surface area contributed by atoms with Gasteiger partial charge in [0, 0.05) is 17.0 Å². The summed E-state index contributed by atoms with van der Waals surface area (Å²) in [6.07, 6.45) is 3.35. The monoisotopic (exact) mass is 440 g/mol. The molecule has 2 aromatic carbocycles. The Kier molecular flexibility index (Phi) is 4.59. The van der Waals surface area contributed by atoms with Crippen molar-refractivity contribution in [2.24, 2.45) is 10.1 Å². The van der Waals surface area contributed by atoms with E-state index in [4.69, 9.17) is 9.47 Å². The largest absolute Gasteiger partial charge is 0.508 e. The van der Waals surface area contributed by atoms with Crippen LogP contribution in [0.2, 0.25) is 0 Å². The number of benzene rings is 2. The van der Waals surface area contributed by atoms with Crippen LogP contribution in [-0.4, -0.2) is 38.9 Å². The highest BCUT2D eigenvalue weighted by atomic mass is 32.1. The highest BCUT2D eigenvalue weighted by Gasteiger charge is 2.23. The maximum atomic E-state index is 11.5. The normalized spacial score (nSPS) is 15.7. The smallest absolute Gasteiger partial charge is 0.282 e. The van der Waals surface area contributed by atoms with E-state index in [1.807, 2.05) is 0 Å². The van der Waals surface area contributed by atoms with Crippen LogP contribution < -0.4 is 14.3 Å². The number of phenols is 2. The van der Waals surface area contributed by atoms with E-state index < -0.39 is 4.92 Å². The summed E-state index contributed by atoms with van der Waals surface area (Å²) in [6, 6.07) is 7.31. The van der Waals surface area contributed by atoms with Gasteiger partial charge in [-0.1, -0.05) is 0 Å². The lowest BCUT2D eigenvalue weighted by Crippen LogP contribution is -2.13. The second-order valence-electron chi connectivity index (χ2n) is 7.04. The van der Waals surface area contributed by atoms with Crippen LogP contribution in [0.1, 0.15) is 18.4 Å². The van der Waals surface area contributed by atoms with E-state index in [-0.39, 0.29) is 35.6 Å². The molecule has 0 unspecified atom stereocenters. The van der Waals surface area contributed by atoms with E-state index in [1.165, 1.54) is 46.5 Å². The molecule has 2 N–H and O–H groups in total. The summed E-state index contributed by atoms with van der Waals surface area (Å²) in [6.45, 7) is 0.00105. The summed E-state index contributed by atoms with van der Waals surface area (Å²) in [5.41, 5.74) is 1.06. The highest BCUT2D eigenvalue weighted by Crippen LogP contribution is 2.37. The van der Waals surface area contributed by atoms with E-state index in [1.54, 1.807) is 11.4 Å². The number of hydrogen-bond donors (Lipinski definition) is 2. The highest BCUT2D eigenvalue weighted by molar-refractivity contribution is 7.07. The fourth-order valence-electron chi connectivity index (χ4n) is 3.11. The van der Waals surface area contributed by atoms with Crippen molar-refractivity contribution in [3.63, 3.8) is 0 Å². The first-order valence-corrected chi connectivity index (χ1v) is 10.3. The molecule has 3 aromatic rings. The molecule has 1 aliphatic heterocycles. The minimum atomic E-state index is -0.510. The second kappa shape index (κ2) is 7.43. The van der Waals surface area contributed by atoms with Crippen LogP contribution in [0.25, 0.3) is 11.3 Å². The zero-order valence-electron chi connectivity index (χ0n) is 16.0. The van der Waals surface area contributed by atoms with E-state index >= 15 is 0 Å². The zero-order chi connectivity index (χ0) is 21.5. The van der Waals surface area contributed by atoms with Gasteiger partial charge in [-0.2, -0.15) is 5.10 Å². The van der Waals surface area contributed by atoms with Gasteiger partial charge < -0.3 is 19.7 Å². The maximum absolute atomic E-state index is 11.5. The molecule has 0 radical (unpaired) electrons. The molecule has 0 atom stereocenters. The predicted molar refractivity (Wildman–Crippen MR) is 112 cm³/mol. The standard InChI is InChI=1S/C20H16N4O6S/c25-13-3-4-14(17(26)6-13)16-9-31-20(22-12-1-2-12)23(16)21-8-11-5-18-19(30-10-29-18)7-15(11)24(27)28/h3-9,12,25-26H,1-2,10H2/b21-8+,22-20?. The third-order valence-corrected chi connectivity index (χ3v) is 5.64. The number of rotatable bonds is 5. The maximum Gasteiger partial charge on any atom is 0.282 e. The lowest BCUT2D eigenvalue weighted by Gasteiger charge is -2.06. The summed E-state index contributed by atoms with van der Waals surface area (Å²) < 4.78 is 12.1. The topological polar surface area (TPSA) is 132 Å². The molecule has 31 heavy (non-hydrogen) atoms. The van der Waals surface area contributed by atoms with Gasteiger partial charge in [0.05, 0.1) is 34.5 Å². The first kappa shape index (κ1) is 19.1. The molecule has 158 valence electrons. The van der Waals surface area contributed by atoms with Crippen molar-refractivity contribution < 1.29 is 24.6 Å². The van der Waals surface area contributed by atoms with E-state index in [0.29, 0.717) is 27.6 Å². The molecule has 11 heteroatoms. The van der Waals surface area contributed by atoms with Crippen LogP contribution in [0.4, 0.5) is 5.69 Å². The third kappa shape index (κ3) is 3.70. The fraction of sp³-hybridized carbons (Fsp3) is 0.200. The van der Waals surface area contributed by atoms with Crippen molar-refractivity contribution in [1.82, 2.24) is 4.68 Å². The Morgan fingerprint density at radius 3 is 2.68 bits per heavy atom. The molecule has 2 heterocycles. The van der Waals surface area contributed by atoms with Gasteiger partial charge in [0.2, 0.25) is 11.6 Å². The zero-order valence-corrected chi connectivity index (χ0v) is 16.8. The van der Waals surface area contributed by atoms with Gasteiger partial charge in [-0.3, -0.25) is 15.1 Å². The summed E-state index contributed by atoms with van der Waals surface area (Å²) in [7, 11) is 0. The van der Waals surface area contributed by atoms with Gasteiger partial charge in [-0.25, -0.2) is 4.68 Å². The third-order valence-electron chi connectivity index (χ3n) is 4.81. The Morgan fingerprint density at radius 1 is 1.19 bits per heavy atom. The van der Waals surface area contributed by atoms with Crippen LogP contribution in [0, 0.1) is 10.1 Å². The summed E-state index contributed by atoms with van der Waals surface area (Å²) in [5.74, 6) is 0.534. The lowest BCUT2D eigenvalue weighted by molar-refractivity contribution is -0.385. The molecule has 0 amide bonds. The molecule has 1 fully saturated rings. The molecule has 10 nitrogen and oxygen atoms in total. The van der Waals surface area contributed by atoms with Crippen LogP contribution in [-0.2, 0) is 0 Å². The van der Waals surface area contributed by atoms with Crippen LogP contribution in [0.5, 0.6) is 23.0 Å². The average molecular weight is 440 g/mol. The number of nitro groups is 1. The van der Waals surface area contributed by atoms with Crippen molar-refractivity contribution in [2.45, 2.75) is 18.9 Å². The van der Waals surface area contributed by atoms with Crippen molar-refractivity contribution in [2.75, 3.05) is 6.79 Å². The van der Waals surface area contributed by atoms with Gasteiger partial charge >= 0.3 is 0 Å². The predicted octanol–water partition coefficient (Wildman–Crippen LogP) is 3.21. The van der Waals surface area contributed by atoms with Crippen LogP contribution in [0.3, 0.4) is 0 Å². The second-order valence-corrected chi connectivity index (χ2v) is 7.88. The molecular weight excluding hydrogens is 424 g/mol. The molecular formula is C20H16N4O6S. The van der Waals surface area contributed by atoms with Gasteiger partial charge in [-0.05, 0) is 31.0 Å². The van der Waals surface area contributed by atoms with Gasteiger partial charge in [0.15, 0.2) is 11.5 Å². The summed E-state index contributed by atoms with van der Waals surface area (Å²) >= 11 is 1.35. The van der Waals surface area contributed by atoms with Crippen molar-refractivity contribution in [1.29, 1.82) is 0 Å². The number of hydrogen-bond acceptors (Lipinski definition) is 9. The van der Waals surface area contributed by atoms with Crippen LogP contribution >= 0.6 is 11.3 Å². The van der Waals surface area contributed by atoms with Gasteiger partial charge in [-0.15, -0.1) is 11.3 Å². The molecule has 0 bridgehead atoms. The number of nitro benzene ring substituents is 1. The summed E-state index contributed by atoms with van der Waals surface area (Å²) in [5, 5.41) is 37.7. The van der Waals surface area contributed by atoms with Gasteiger partial charge in [0.1, 0.15) is 11.5 Å². The Labute approximate surface area is 179 Å². The van der Waals surface area contributed by atoms with Gasteiger partial charge in [0.25, 0.3) is 5.69 Å². The molecule has 2 aliphatic rings. The van der Waals surface area contributed by atoms with E-state index in [2.05, 4.69) is 10.1 Å². The molecule has 0 saturated heterocycles. The number of aromatic hydroxyl groups is 2. The molecule has 1 aromatic heterocycles. The number of aromatic nitrogens is 1. The number of thiazole rings is 1. The number of nitrogens with zero attached hydrogens (tertiary/aromatic N) is 4. The Bertz CT molecular complexity index is 1290. The number of ether oxygens (including phenoxy) is 2. The van der Waals surface area contributed by atoms with E-state index in [9.17, 15) is 20.3 Å². The summed E-state index contributed by atoms with van der Waals surface area (Å²) in [4.78, 5) is 16.3. The van der Waals surface area contributed by atoms with Crippen molar-refractivity contribution in [3.8, 4) is 34.3 Å². The van der Waals surface area contributed by atoms with Crippen molar-refractivity contribution in [3.05, 3.63) is 56.2 Å². The SMILES string of the molecule is O=[N+]([O-])c1cc2c(cc1/C=N/n1c(-c3ccc(O)cc3O)csc1=NC1CC1)OCO2. The van der Waals surface area contributed by atoms with Crippen LogP contribution in [0.15, 0.2) is 45.8 Å². The Balaban J connectivity index is 1.63. The lowest BCUT2D eigenvalue weighted by atomic mass is 10.1. The number of phenolic OH excluding ortho intramolecular Hbond substituents is 2. The first-order valence-electron chi connectivity index (χ1n) is 9.39. The molecule has 1 aliphatic carbocycles. The number of fused-ring (bicyclic) bond motifs is 1. The minimum Gasteiger partial charge on any atom is -0.508 e. The van der Waals surface area contributed by atoms with E-state index in [0.717, 1.165) is 12.8 Å². The first-order chi connectivity index (χ1) is 15.0. The Morgan fingerprint density at radius 2 is 1.97 bits per heavy atom.